The van der Waals surface area contributed by atoms with Crippen LogP contribution in [0.2, 0.25) is 0 Å². The lowest BCUT2D eigenvalue weighted by Crippen LogP contribution is -2.49. The summed E-state index contributed by atoms with van der Waals surface area (Å²) in [6.45, 7) is 6.39. The van der Waals surface area contributed by atoms with Crippen molar-refractivity contribution in [3.63, 3.8) is 0 Å². The number of hydrogen-bond acceptors (Lipinski definition) is 5. The van der Waals surface area contributed by atoms with Crippen LogP contribution in [0.15, 0.2) is 65.5 Å². The summed E-state index contributed by atoms with van der Waals surface area (Å²) in [5, 5.41) is 0. The van der Waals surface area contributed by atoms with Gasteiger partial charge in [0.1, 0.15) is 0 Å². The zero-order valence-electron chi connectivity index (χ0n) is 20.5. The van der Waals surface area contributed by atoms with E-state index in [0.29, 0.717) is 36.8 Å². The number of para-hydroxylation sites is 2. The lowest BCUT2D eigenvalue weighted by molar-refractivity contribution is 0.0772. The SMILES string of the molecule is CCN(CC)C(=O)c1ccc2c(c1)Oc1ccccc1N2[C@@H]1C[C@H]2CC[C@@H](C1)N2Cc1ccoc1. The van der Waals surface area contributed by atoms with E-state index in [4.69, 9.17) is 9.15 Å². The van der Waals surface area contributed by atoms with Gasteiger partial charge in [0.25, 0.3) is 5.91 Å². The fourth-order valence-electron chi connectivity index (χ4n) is 6.31. The molecule has 3 aliphatic rings. The van der Waals surface area contributed by atoms with Crippen LogP contribution >= 0.6 is 0 Å². The van der Waals surface area contributed by atoms with Crippen LogP contribution in [-0.4, -0.2) is 46.9 Å². The van der Waals surface area contributed by atoms with Crippen LogP contribution in [0.3, 0.4) is 0 Å². The first-order valence-corrected chi connectivity index (χ1v) is 12.9. The number of hydrogen-bond donors (Lipinski definition) is 0. The molecule has 0 aliphatic carbocycles. The zero-order valence-corrected chi connectivity index (χ0v) is 20.5. The third-order valence-corrected chi connectivity index (χ3v) is 8.03. The molecule has 0 saturated carbocycles. The second-order valence-electron chi connectivity index (χ2n) is 9.91. The minimum atomic E-state index is 0.0532. The number of anilines is 2. The Balaban J connectivity index is 1.32. The molecular formula is C29H33N3O3. The summed E-state index contributed by atoms with van der Waals surface area (Å²) in [4.78, 5) is 20.0. The summed E-state index contributed by atoms with van der Waals surface area (Å²) in [5.41, 5.74) is 4.12. The molecule has 2 aromatic carbocycles. The van der Waals surface area contributed by atoms with Crippen molar-refractivity contribution in [1.29, 1.82) is 0 Å². The normalized spacial score (nSPS) is 22.9. The summed E-state index contributed by atoms with van der Waals surface area (Å²) in [6, 6.07) is 17.9. The molecule has 1 amide bonds. The maximum absolute atomic E-state index is 13.0. The zero-order chi connectivity index (χ0) is 23.9. The Labute approximate surface area is 207 Å². The standard InChI is InChI=1S/C29H33N3O3/c1-3-30(4-2)29(33)21-9-12-26-28(15-21)35-27-8-6-5-7-25(27)32(26)24-16-22-10-11-23(17-24)31(22)18-20-13-14-34-19-20/h5-9,12-15,19,22-24H,3-4,10-11,16-18H2,1-2H3/t22-,23+,24-. The Kier molecular flexibility index (Phi) is 5.77. The van der Waals surface area contributed by atoms with Crippen LogP contribution < -0.4 is 9.64 Å². The van der Waals surface area contributed by atoms with Crippen LogP contribution in [0.5, 0.6) is 11.5 Å². The topological polar surface area (TPSA) is 49.2 Å². The Morgan fingerprint density at radius 1 is 0.943 bits per heavy atom. The Hall–Kier alpha value is -3.25. The molecule has 6 rings (SSSR count). The van der Waals surface area contributed by atoms with Gasteiger partial charge in [0, 0.05) is 48.9 Å². The highest BCUT2D eigenvalue weighted by molar-refractivity contribution is 5.96. The van der Waals surface area contributed by atoms with Crippen LogP contribution in [0.1, 0.15) is 55.5 Å². The number of ether oxygens (including phenoxy) is 1. The van der Waals surface area contributed by atoms with E-state index in [1.165, 1.54) is 18.4 Å². The van der Waals surface area contributed by atoms with Crippen molar-refractivity contribution in [2.24, 2.45) is 0 Å². The van der Waals surface area contributed by atoms with Gasteiger partial charge in [-0.1, -0.05) is 12.1 Å². The second-order valence-corrected chi connectivity index (χ2v) is 9.91. The minimum absolute atomic E-state index is 0.0532. The van der Waals surface area contributed by atoms with Crippen LogP contribution in [0.4, 0.5) is 11.4 Å². The van der Waals surface area contributed by atoms with Gasteiger partial charge in [-0.3, -0.25) is 9.69 Å². The number of fused-ring (bicyclic) bond motifs is 4. The maximum atomic E-state index is 13.0. The van der Waals surface area contributed by atoms with Crippen LogP contribution in [0, 0.1) is 0 Å². The van der Waals surface area contributed by atoms with E-state index in [9.17, 15) is 4.79 Å². The molecule has 3 aromatic rings. The first kappa shape index (κ1) is 22.2. The monoisotopic (exact) mass is 471 g/mol. The molecule has 2 fully saturated rings. The number of piperidine rings is 1. The molecule has 1 aromatic heterocycles. The number of furan rings is 1. The molecule has 2 bridgehead atoms. The predicted molar refractivity (Wildman–Crippen MR) is 136 cm³/mol. The van der Waals surface area contributed by atoms with Crippen molar-refractivity contribution in [1.82, 2.24) is 9.80 Å². The van der Waals surface area contributed by atoms with Gasteiger partial charge >= 0.3 is 0 Å². The van der Waals surface area contributed by atoms with Gasteiger partial charge in [0.2, 0.25) is 0 Å². The highest BCUT2D eigenvalue weighted by Gasteiger charge is 2.44. The van der Waals surface area contributed by atoms with Gasteiger partial charge in [-0.25, -0.2) is 0 Å². The van der Waals surface area contributed by atoms with E-state index in [-0.39, 0.29) is 5.91 Å². The third-order valence-electron chi connectivity index (χ3n) is 8.03. The average Bonchev–Trinajstić information content (AvgIpc) is 3.47. The van der Waals surface area contributed by atoms with Gasteiger partial charge in [0.15, 0.2) is 11.5 Å². The molecule has 0 radical (unpaired) electrons. The van der Waals surface area contributed by atoms with Crippen molar-refractivity contribution < 1.29 is 13.9 Å². The quantitative estimate of drug-likeness (QED) is 0.428. The summed E-state index contributed by atoms with van der Waals surface area (Å²) < 4.78 is 11.7. The Bertz CT molecular complexity index is 1190. The number of rotatable bonds is 6. The summed E-state index contributed by atoms with van der Waals surface area (Å²) in [6.07, 6.45) is 8.36. The maximum Gasteiger partial charge on any atom is 0.253 e. The first-order chi connectivity index (χ1) is 17.2. The average molecular weight is 472 g/mol. The summed E-state index contributed by atoms with van der Waals surface area (Å²) >= 11 is 0. The highest BCUT2D eigenvalue weighted by Crippen LogP contribution is 2.51. The van der Waals surface area contributed by atoms with Crippen LogP contribution in [0.25, 0.3) is 0 Å². The number of benzene rings is 2. The molecule has 182 valence electrons. The highest BCUT2D eigenvalue weighted by atomic mass is 16.5. The minimum Gasteiger partial charge on any atom is -0.472 e. The molecule has 3 aliphatic heterocycles. The Morgan fingerprint density at radius 3 is 2.40 bits per heavy atom. The lowest BCUT2D eigenvalue weighted by Gasteiger charge is -2.46. The van der Waals surface area contributed by atoms with E-state index in [1.807, 2.05) is 49.3 Å². The van der Waals surface area contributed by atoms with Gasteiger partial charge in [-0.05, 0) is 75.9 Å². The van der Waals surface area contributed by atoms with Crippen molar-refractivity contribution in [2.45, 2.75) is 64.2 Å². The second kappa shape index (κ2) is 9.08. The number of carbonyl (C=O) groups is 1. The molecule has 35 heavy (non-hydrogen) atoms. The van der Waals surface area contributed by atoms with Crippen molar-refractivity contribution in [2.75, 3.05) is 18.0 Å². The largest absolute Gasteiger partial charge is 0.472 e. The van der Waals surface area contributed by atoms with Gasteiger partial charge < -0.3 is 19.0 Å². The molecule has 0 unspecified atom stereocenters. The van der Waals surface area contributed by atoms with Gasteiger partial charge in [-0.2, -0.15) is 0 Å². The molecule has 0 spiro atoms. The molecule has 6 heteroatoms. The number of carbonyl (C=O) groups excluding carboxylic acids is 1. The molecule has 4 heterocycles. The number of amides is 1. The van der Waals surface area contributed by atoms with Crippen molar-refractivity contribution in [3.05, 3.63) is 72.2 Å². The predicted octanol–water partition coefficient (Wildman–Crippen LogP) is 6.20. The Morgan fingerprint density at radius 2 is 1.69 bits per heavy atom. The van der Waals surface area contributed by atoms with E-state index in [0.717, 1.165) is 42.3 Å². The number of nitrogens with zero attached hydrogens (tertiary/aromatic N) is 3. The van der Waals surface area contributed by atoms with Gasteiger partial charge in [0.05, 0.1) is 23.9 Å². The van der Waals surface area contributed by atoms with Crippen LogP contribution in [-0.2, 0) is 6.54 Å². The van der Waals surface area contributed by atoms with Crippen molar-refractivity contribution in [3.8, 4) is 11.5 Å². The summed E-state index contributed by atoms with van der Waals surface area (Å²) in [5.74, 6) is 1.69. The molecule has 2 saturated heterocycles. The van der Waals surface area contributed by atoms with Crippen molar-refractivity contribution >= 4 is 17.3 Å². The molecule has 6 nitrogen and oxygen atoms in total. The van der Waals surface area contributed by atoms with E-state index in [1.54, 1.807) is 6.26 Å². The molecular weight excluding hydrogens is 438 g/mol. The fourth-order valence-corrected chi connectivity index (χ4v) is 6.31. The van der Waals surface area contributed by atoms with E-state index in [2.05, 4.69) is 34.1 Å². The molecule has 0 N–H and O–H groups in total. The van der Waals surface area contributed by atoms with E-state index < -0.39 is 0 Å². The first-order valence-electron chi connectivity index (χ1n) is 12.9. The summed E-state index contributed by atoms with van der Waals surface area (Å²) in [7, 11) is 0. The third kappa shape index (κ3) is 3.90. The smallest absolute Gasteiger partial charge is 0.253 e. The van der Waals surface area contributed by atoms with Gasteiger partial charge in [-0.15, -0.1) is 0 Å². The molecule has 3 atom stereocenters. The fraction of sp³-hybridized carbons (Fsp3) is 0.414. The van der Waals surface area contributed by atoms with E-state index >= 15 is 0 Å². The lowest BCUT2D eigenvalue weighted by atomic mass is 9.93.